The molecule has 1 aromatic carbocycles. The highest BCUT2D eigenvalue weighted by Gasteiger charge is 2.23. The van der Waals surface area contributed by atoms with Crippen LogP contribution in [-0.4, -0.2) is 32.3 Å². The molecule has 5 rings (SSSR count). The molecule has 1 fully saturated rings. The van der Waals surface area contributed by atoms with Gasteiger partial charge in [0, 0.05) is 41.8 Å². The van der Waals surface area contributed by atoms with Gasteiger partial charge in [-0.05, 0) is 61.7 Å². The largest absolute Gasteiger partial charge is 0.456 e. The van der Waals surface area contributed by atoms with Crippen LogP contribution in [0.3, 0.4) is 0 Å². The number of aromatic nitrogens is 2. The number of nitrogens with one attached hydrogen (secondary N) is 1. The number of nitrogens with zero attached hydrogens (tertiary/aromatic N) is 2. The van der Waals surface area contributed by atoms with E-state index in [4.69, 9.17) is 9.15 Å². The van der Waals surface area contributed by atoms with Crippen molar-refractivity contribution in [3.63, 3.8) is 0 Å². The Bertz CT molecular complexity index is 1240. The maximum absolute atomic E-state index is 13.2. The molecule has 1 unspecified atom stereocenters. The first-order valence-corrected chi connectivity index (χ1v) is 10.5. The molecule has 0 saturated carbocycles. The highest BCUT2D eigenvalue weighted by Crippen LogP contribution is 2.34. The van der Waals surface area contributed by atoms with Crippen LogP contribution in [0.15, 0.2) is 65.5 Å². The van der Waals surface area contributed by atoms with Crippen molar-refractivity contribution in [3.05, 3.63) is 72.4 Å². The Morgan fingerprint density at radius 1 is 1.12 bits per heavy atom. The van der Waals surface area contributed by atoms with Gasteiger partial charge < -0.3 is 29.3 Å². The van der Waals surface area contributed by atoms with Crippen LogP contribution >= 0.6 is 0 Å². The molecule has 0 spiro atoms. The Morgan fingerprint density at radius 3 is 2.69 bits per heavy atom. The van der Waals surface area contributed by atoms with Crippen molar-refractivity contribution in [1.29, 1.82) is 0 Å². The van der Waals surface area contributed by atoms with Crippen LogP contribution in [0.25, 0.3) is 22.2 Å². The predicted octanol–water partition coefficient (Wildman–Crippen LogP) is 4.23. The number of fused-ring (bicyclic) bond motifs is 1. The third kappa shape index (κ3) is 3.91. The van der Waals surface area contributed by atoms with Crippen molar-refractivity contribution in [2.45, 2.75) is 31.8 Å². The van der Waals surface area contributed by atoms with Crippen LogP contribution in [-0.2, 0) is 4.74 Å². The summed E-state index contributed by atoms with van der Waals surface area (Å²) in [5.74, 6) is 0.305. The molecule has 0 aliphatic carbocycles. The molecule has 1 aliphatic rings. The summed E-state index contributed by atoms with van der Waals surface area (Å²) < 4.78 is 13.6. The van der Waals surface area contributed by atoms with E-state index < -0.39 is 6.29 Å². The van der Waals surface area contributed by atoms with Gasteiger partial charge in [-0.3, -0.25) is 9.78 Å². The first-order valence-electron chi connectivity index (χ1n) is 10.5. The van der Waals surface area contributed by atoms with E-state index in [-0.39, 0.29) is 17.9 Å². The van der Waals surface area contributed by atoms with Gasteiger partial charge in [0.2, 0.25) is 6.29 Å². The molecule has 0 bridgehead atoms. The van der Waals surface area contributed by atoms with Crippen molar-refractivity contribution in [2.24, 2.45) is 0 Å². The van der Waals surface area contributed by atoms with Crippen LogP contribution in [0, 0.1) is 0 Å². The maximum atomic E-state index is 13.2. The molecule has 1 saturated heterocycles. The van der Waals surface area contributed by atoms with E-state index in [0.29, 0.717) is 23.6 Å². The Labute approximate surface area is 184 Å². The summed E-state index contributed by atoms with van der Waals surface area (Å²) in [5.41, 5.74) is 2.78. The Hall–Kier alpha value is -3.46. The van der Waals surface area contributed by atoms with Crippen molar-refractivity contribution >= 4 is 22.5 Å². The van der Waals surface area contributed by atoms with E-state index in [2.05, 4.69) is 10.3 Å². The Morgan fingerprint density at radius 2 is 1.97 bits per heavy atom. The fourth-order valence-corrected chi connectivity index (χ4v) is 4.05. The normalized spacial score (nSPS) is 16.5. The first-order chi connectivity index (χ1) is 15.6. The molecular formula is C24H23N3O5. The van der Waals surface area contributed by atoms with Crippen LogP contribution in [0.1, 0.15) is 47.9 Å². The van der Waals surface area contributed by atoms with Gasteiger partial charge in [-0.1, -0.05) is 0 Å². The second-order valence-electron chi connectivity index (χ2n) is 7.77. The van der Waals surface area contributed by atoms with Crippen molar-refractivity contribution in [3.8, 4) is 11.3 Å². The number of ether oxygens (including phenoxy) is 1. The zero-order valence-electron chi connectivity index (χ0n) is 17.3. The lowest BCUT2D eigenvalue weighted by Crippen LogP contribution is -2.17. The number of aliphatic hydroxyl groups excluding tert-OH is 1. The molecule has 0 radical (unpaired) electrons. The third-order valence-corrected chi connectivity index (χ3v) is 5.65. The molecule has 4 aromatic rings. The Kier molecular flexibility index (Phi) is 5.48. The van der Waals surface area contributed by atoms with Crippen LogP contribution in [0.5, 0.6) is 0 Å². The molecule has 3 N–H and O–H groups in total. The number of amides is 1. The highest BCUT2D eigenvalue weighted by molar-refractivity contribution is 6.13. The number of rotatable bonds is 5. The fourth-order valence-electron chi connectivity index (χ4n) is 4.05. The number of furan rings is 1. The zero-order valence-corrected chi connectivity index (χ0v) is 17.3. The maximum Gasteiger partial charge on any atom is 0.257 e. The summed E-state index contributed by atoms with van der Waals surface area (Å²) in [6.45, 7) is 0.694. The standard InChI is InChI=1S/C24H23N3O5/c28-23(26-16-8-10-25-11-9-16)18-14-27(22-3-1-2-12-31-22)19-5-4-15(13-17(18)19)20-6-7-21(32-20)24(29)30/h4-11,13-14,22,24,29-30H,1-3,12H2,(H,25,26,28). The first kappa shape index (κ1) is 20.4. The number of aliphatic hydroxyl groups is 2. The highest BCUT2D eigenvalue weighted by atomic mass is 16.5. The minimum Gasteiger partial charge on any atom is -0.456 e. The van der Waals surface area contributed by atoms with Crippen molar-refractivity contribution < 1.29 is 24.2 Å². The summed E-state index contributed by atoms with van der Waals surface area (Å²) in [6, 6.07) is 12.4. The quantitative estimate of drug-likeness (QED) is 0.406. The summed E-state index contributed by atoms with van der Waals surface area (Å²) in [7, 11) is 0. The molecule has 4 heterocycles. The Balaban J connectivity index is 1.58. The number of hydrogen-bond acceptors (Lipinski definition) is 6. The lowest BCUT2D eigenvalue weighted by Gasteiger charge is -2.24. The van der Waals surface area contributed by atoms with Gasteiger partial charge in [0.1, 0.15) is 12.0 Å². The monoisotopic (exact) mass is 433 g/mol. The molecule has 1 atom stereocenters. The second-order valence-corrected chi connectivity index (χ2v) is 7.77. The fraction of sp³-hybridized carbons (Fsp3) is 0.250. The zero-order chi connectivity index (χ0) is 22.1. The van der Waals surface area contributed by atoms with Crippen molar-refractivity contribution in [1.82, 2.24) is 9.55 Å². The minimum absolute atomic E-state index is 0.0592. The van der Waals surface area contributed by atoms with Crippen LogP contribution < -0.4 is 5.32 Å². The topological polar surface area (TPSA) is 110 Å². The number of pyridine rings is 1. The number of hydrogen-bond donors (Lipinski definition) is 3. The van der Waals surface area contributed by atoms with Gasteiger partial charge in [0.05, 0.1) is 11.1 Å². The van der Waals surface area contributed by atoms with E-state index in [9.17, 15) is 15.0 Å². The number of carbonyl (C=O) groups excluding carboxylic acids is 1. The van der Waals surface area contributed by atoms with Gasteiger partial charge in [-0.15, -0.1) is 0 Å². The molecule has 164 valence electrons. The van der Waals surface area contributed by atoms with Crippen LogP contribution in [0.4, 0.5) is 5.69 Å². The summed E-state index contributed by atoms with van der Waals surface area (Å²) in [5, 5.41) is 22.4. The third-order valence-electron chi connectivity index (χ3n) is 5.65. The number of benzene rings is 1. The smallest absolute Gasteiger partial charge is 0.257 e. The van der Waals surface area contributed by atoms with E-state index >= 15 is 0 Å². The van der Waals surface area contributed by atoms with Crippen LogP contribution in [0.2, 0.25) is 0 Å². The summed E-state index contributed by atoms with van der Waals surface area (Å²) in [4.78, 5) is 17.2. The van der Waals surface area contributed by atoms with E-state index in [0.717, 1.165) is 35.7 Å². The molecule has 1 aliphatic heterocycles. The molecule has 1 amide bonds. The average Bonchev–Trinajstić information content (AvgIpc) is 3.46. The van der Waals surface area contributed by atoms with Gasteiger partial charge >= 0.3 is 0 Å². The summed E-state index contributed by atoms with van der Waals surface area (Å²) >= 11 is 0. The molecule has 8 heteroatoms. The average molecular weight is 433 g/mol. The molecular weight excluding hydrogens is 410 g/mol. The predicted molar refractivity (Wildman–Crippen MR) is 118 cm³/mol. The number of anilines is 1. The van der Waals surface area contributed by atoms with Crippen molar-refractivity contribution in [2.75, 3.05) is 11.9 Å². The van der Waals surface area contributed by atoms with E-state index in [1.807, 2.05) is 29.0 Å². The lowest BCUT2D eigenvalue weighted by molar-refractivity contribution is -0.0576. The molecule has 3 aromatic heterocycles. The minimum atomic E-state index is -1.68. The second kappa shape index (κ2) is 8.58. The molecule has 8 nitrogen and oxygen atoms in total. The number of carbonyl (C=O) groups is 1. The SMILES string of the molecule is O=C(Nc1ccncc1)c1cn(C2CCCCO2)c2ccc(-c3ccc(C(O)O)o3)cc12. The van der Waals surface area contributed by atoms with E-state index in [1.165, 1.54) is 6.07 Å². The van der Waals surface area contributed by atoms with E-state index in [1.54, 1.807) is 30.6 Å². The summed E-state index contributed by atoms with van der Waals surface area (Å²) in [6.07, 6.45) is 6.26. The van der Waals surface area contributed by atoms with Gasteiger partial charge in [0.15, 0.2) is 5.76 Å². The van der Waals surface area contributed by atoms with Gasteiger partial charge in [0.25, 0.3) is 5.91 Å². The van der Waals surface area contributed by atoms with Gasteiger partial charge in [-0.25, -0.2) is 0 Å². The van der Waals surface area contributed by atoms with Gasteiger partial charge in [-0.2, -0.15) is 0 Å². The lowest BCUT2D eigenvalue weighted by atomic mass is 10.1. The molecule has 32 heavy (non-hydrogen) atoms.